The minimum absolute atomic E-state index is 0.106. The SMILES string of the molecule is CCCCCCCCCCCCCCCCCCCCC(=O)OC[C@H](COP(=O)(O)OC[C@@H](O)COP(=O)(O)OC[C@@H](COC(=O)CCCCCCCCCCCCC(C)C)OC(=O)CCCCCCCCCCCCC(C)CC)OC(=O)CCCCCCCCCCCCCCCCCCC(C)C. The smallest absolute Gasteiger partial charge is 0.462 e. The van der Waals surface area contributed by atoms with Crippen molar-refractivity contribution in [2.75, 3.05) is 39.6 Å². The minimum Gasteiger partial charge on any atom is -0.462 e. The van der Waals surface area contributed by atoms with Gasteiger partial charge in [0.05, 0.1) is 26.4 Å². The molecular formula is C85H166O17P2. The molecule has 618 valence electrons. The van der Waals surface area contributed by atoms with Gasteiger partial charge in [-0.05, 0) is 43.4 Å². The van der Waals surface area contributed by atoms with Crippen LogP contribution in [0.5, 0.6) is 0 Å². The van der Waals surface area contributed by atoms with E-state index < -0.39 is 97.5 Å². The van der Waals surface area contributed by atoms with E-state index in [4.69, 9.17) is 37.0 Å². The zero-order chi connectivity index (χ0) is 76.5. The first kappa shape index (κ1) is 102. The third kappa shape index (κ3) is 76.8. The summed E-state index contributed by atoms with van der Waals surface area (Å²) < 4.78 is 68.9. The Balaban J connectivity index is 5.27. The van der Waals surface area contributed by atoms with Crippen molar-refractivity contribution >= 4 is 39.5 Å². The fourth-order valence-electron chi connectivity index (χ4n) is 13.2. The average molecular weight is 1520 g/mol. The lowest BCUT2D eigenvalue weighted by atomic mass is 9.99. The predicted molar refractivity (Wildman–Crippen MR) is 428 cm³/mol. The maximum atomic E-state index is 13.1. The molecule has 3 N–H and O–H groups in total. The second kappa shape index (κ2) is 75.1. The van der Waals surface area contributed by atoms with E-state index in [-0.39, 0.29) is 25.7 Å². The molecule has 0 aromatic rings. The molecule has 0 rings (SSSR count). The van der Waals surface area contributed by atoms with Crippen LogP contribution in [0.4, 0.5) is 0 Å². The first-order valence-electron chi connectivity index (χ1n) is 43.9. The van der Waals surface area contributed by atoms with Gasteiger partial charge in [-0.1, -0.05) is 395 Å². The molecule has 6 atom stereocenters. The van der Waals surface area contributed by atoms with Crippen molar-refractivity contribution < 1.29 is 80.2 Å². The standard InChI is InChI=1S/C85H166O17P2/c1-8-10-11-12-13-14-15-16-17-18-19-23-26-29-38-45-52-59-66-82(87)95-72-80(101-84(89)68-61-54-47-40-30-27-24-21-20-22-25-28-35-42-49-56-63-76(3)4)74-99-103(91,92)97-70-79(86)71-98-104(93,94)100-75-81(73-96-83(88)67-60-53-46-39-33-31-36-43-50-57-64-77(5)6)102-85(90)69-62-55-48-41-34-32-37-44-51-58-65-78(7)9-2/h76-81,86H,8-75H2,1-7H3,(H,91,92)(H,93,94)/t78?,79-,80-,81-/m1/s1. The van der Waals surface area contributed by atoms with E-state index in [0.29, 0.717) is 25.7 Å². The number of aliphatic hydroxyl groups is 1. The fraction of sp³-hybridized carbons (Fsp3) is 0.953. The Morgan fingerprint density at radius 3 is 0.731 bits per heavy atom. The first-order chi connectivity index (χ1) is 50.3. The summed E-state index contributed by atoms with van der Waals surface area (Å²) in [7, 11) is -9.93. The van der Waals surface area contributed by atoms with Crippen LogP contribution in [0.1, 0.15) is 447 Å². The number of rotatable bonds is 83. The van der Waals surface area contributed by atoms with Gasteiger partial charge in [0.1, 0.15) is 19.3 Å². The monoisotopic (exact) mass is 1520 g/mol. The second-order valence-electron chi connectivity index (χ2n) is 31.8. The zero-order valence-electron chi connectivity index (χ0n) is 68.5. The molecule has 0 amide bonds. The normalized spacial score (nSPS) is 14.2. The van der Waals surface area contributed by atoms with Crippen LogP contribution in [-0.4, -0.2) is 96.7 Å². The van der Waals surface area contributed by atoms with E-state index >= 15 is 0 Å². The number of ether oxygens (including phenoxy) is 4. The molecule has 0 spiro atoms. The summed E-state index contributed by atoms with van der Waals surface area (Å²) in [5.41, 5.74) is 0. The van der Waals surface area contributed by atoms with Crippen LogP contribution in [0.2, 0.25) is 0 Å². The lowest BCUT2D eigenvalue weighted by Gasteiger charge is -2.21. The van der Waals surface area contributed by atoms with Crippen LogP contribution in [0.15, 0.2) is 0 Å². The summed E-state index contributed by atoms with van der Waals surface area (Å²) in [5, 5.41) is 10.7. The van der Waals surface area contributed by atoms with Crippen LogP contribution >= 0.6 is 15.6 Å². The number of unbranched alkanes of at least 4 members (excludes halogenated alkanes) is 50. The number of hydrogen-bond donors (Lipinski definition) is 3. The molecule has 0 aromatic carbocycles. The third-order valence-electron chi connectivity index (χ3n) is 20.2. The van der Waals surface area contributed by atoms with Crippen LogP contribution < -0.4 is 0 Å². The summed E-state index contributed by atoms with van der Waals surface area (Å²) in [4.78, 5) is 73.2. The van der Waals surface area contributed by atoms with E-state index in [2.05, 4.69) is 48.5 Å². The molecule has 0 aliphatic carbocycles. The van der Waals surface area contributed by atoms with Crippen molar-refractivity contribution in [3.8, 4) is 0 Å². The molecule has 0 aliphatic rings. The highest BCUT2D eigenvalue weighted by Crippen LogP contribution is 2.45. The van der Waals surface area contributed by atoms with Crippen LogP contribution in [-0.2, 0) is 65.4 Å². The molecule has 104 heavy (non-hydrogen) atoms. The fourth-order valence-corrected chi connectivity index (χ4v) is 14.7. The lowest BCUT2D eigenvalue weighted by Crippen LogP contribution is -2.30. The number of hydrogen-bond acceptors (Lipinski definition) is 15. The van der Waals surface area contributed by atoms with E-state index in [1.807, 2.05) is 0 Å². The first-order valence-corrected chi connectivity index (χ1v) is 46.9. The molecule has 0 radical (unpaired) electrons. The topological polar surface area (TPSA) is 237 Å². The predicted octanol–water partition coefficient (Wildman–Crippen LogP) is 25.7. The number of carbonyl (C=O) groups is 4. The van der Waals surface area contributed by atoms with Gasteiger partial charge in [0.2, 0.25) is 0 Å². The van der Waals surface area contributed by atoms with Gasteiger partial charge >= 0.3 is 39.5 Å². The van der Waals surface area contributed by atoms with Gasteiger partial charge in [-0.2, -0.15) is 0 Å². The van der Waals surface area contributed by atoms with E-state index in [0.717, 1.165) is 108 Å². The third-order valence-corrected chi connectivity index (χ3v) is 22.1. The Morgan fingerprint density at radius 1 is 0.279 bits per heavy atom. The van der Waals surface area contributed by atoms with Crippen molar-refractivity contribution in [1.82, 2.24) is 0 Å². The molecule has 3 unspecified atom stereocenters. The van der Waals surface area contributed by atoms with E-state index in [9.17, 15) is 43.2 Å². The second-order valence-corrected chi connectivity index (χ2v) is 34.7. The van der Waals surface area contributed by atoms with Crippen molar-refractivity contribution in [1.29, 1.82) is 0 Å². The Hall–Kier alpha value is -1.94. The van der Waals surface area contributed by atoms with Crippen LogP contribution in [0.25, 0.3) is 0 Å². The maximum absolute atomic E-state index is 13.1. The van der Waals surface area contributed by atoms with Crippen LogP contribution in [0, 0.1) is 17.8 Å². The molecule has 0 bridgehead atoms. The molecule has 0 heterocycles. The molecule has 0 fully saturated rings. The number of phosphoric ester groups is 2. The van der Waals surface area contributed by atoms with Crippen LogP contribution in [0.3, 0.4) is 0 Å². The largest absolute Gasteiger partial charge is 0.472 e. The Kier molecular flexibility index (Phi) is 73.7. The number of carbonyl (C=O) groups excluding carboxylic acids is 4. The molecule has 0 saturated heterocycles. The average Bonchev–Trinajstić information content (AvgIpc) is 0.913. The van der Waals surface area contributed by atoms with Gasteiger partial charge in [-0.25, -0.2) is 9.13 Å². The van der Waals surface area contributed by atoms with Crippen molar-refractivity contribution in [2.45, 2.75) is 465 Å². The summed E-state index contributed by atoms with van der Waals surface area (Å²) in [6.45, 7) is 12.0. The highest BCUT2D eigenvalue weighted by Gasteiger charge is 2.30. The summed E-state index contributed by atoms with van der Waals surface area (Å²) >= 11 is 0. The Morgan fingerprint density at radius 2 is 0.490 bits per heavy atom. The Bertz CT molecular complexity index is 2010. The quantitative estimate of drug-likeness (QED) is 0.0222. The number of aliphatic hydroxyl groups excluding tert-OH is 1. The lowest BCUT2D eigenvalue weighted by molar-refractivity contribution is -0.161. The molecule has 0 aliphatic heterocycles. The van der Waals surface area contributed by atoms with Crippen molar-refractivity contribution in [3.63, 3.8) is 0 Å². The van der Waals surface area contributed by atoms with Gasteiger partial charge in [0.25, 0.3) is 0 Å². The van der Waals surface area contributed by atoms with Gasteiger partial charge in [-0.3, -0.25) is 37.3 Å². The highest BCUT2D eigenvalue weighted by molar-refractivity contribution is 7.47. The highest BCUT2D eigenvalue weighted by atomic mass is 31.2. The van der Waals surface area contributed by atoms with Crippen molar-refractivity contribution in [2.24, 2.45) is 17.8 Å². The summed E-state index contributed by atoms with van der Waals surface area (Å²) in [5.74, 6) is 0.266. The van der Waals surface area contributed by atoms with Crippen molar-refractivity contribution in [3.05, 3.63) is 0 Å². The minimum atomic E-state index is -4.97. The summed E-state index contributed by atoms with van der Waals surface area (Å²) in [6.07, 6.45) is 65.1. The molecule has 0 aromatic heterocycles. The molecule has 0 saturated carbocycles. The van der Waals surface area contributed by atoms with Gasteiger partial charge in [-0.15, -0.1) is 0 Å². The zero-order valence-corrected chi connectivity index (χ0v) is 70.3. The molecule has 17 nitrogen and oxygen atoms in total. The number of esters is 4. The van der Waals surface area contributed by atoms with Gasteiger partial charge < -0.3 is 33.8 Å². The summed E-state index contributed by atoms with van der Waals surface area (Å²) in [6, 6.07) is 0. The van der Waals surface area contributed by atoms with Gasteiger partial charge in [0, 0.05) is 25.7 Å². The van der Waals surface area contributed by atoms with E-state index in [1.165, 1.54) is 257 Å². The van der Waals surface area contributed by atoms with E-state index in [1.54, 1.807) is 0 Å². The number of phosphoric acid groups is 2. The molecule has 19 heteroatoms. The molecular weight excluding hydrogens is 1350 g/mol. The van der Waals surface area contributed by atoms with Gasteiger partial charge in [0.15, 0.2) is 12.2 Å². The maximum Gasteiger partial charge on any atom is 0.472 e. The Labute approximate surface area is 638 Å².